The van der Waals surface area contributed by atoms with E-state index >= 15 is 0 Å². The Kier molecular flexibility index (Phi) is 3.36. The summed E-state index contributed by atoms with van der Waals surface area (Å²) in [5.41, 5.74) is 2.37. The largest absolute Gasteiger partial charge is 0.381 e. The van der Waals surface area contributed by atoms with Gasteiger partial charge in [0, 0.05) is 6.42 Å². The van der Waals surface area contributed by atoms with Gasteiger partial charge in [-0.2, -0.15) is 0 Å². The van der Waals surface area contributed by atoms with Crippen molar-refractivity contribution in [1.29, 1.82) is 0 Å². The van der Waals surface area contributed by atoms with E-state index in [-0.39, 0.29) is 0 Å². The highest BCUT2D eigenvalue weighted by molar-refractivity contribution is 5.87. The molecule has 1 N–H and O–H groups in total. The Bertz CT molecular complexity index is 900. The molecular weight excluding hydrogens is 280 g/mol. The smallest absolute Gasteiger partial charge is 0.112 e. The maximum absolute atomic E-state index is 11.2. The lowest BCUT2D eigenvalue weighted by Gasteiger charge is -2.28. The van der Waals surface area contributed by atoms with Crippen molar-refractivity contribution in [3.05, 3.63) is 102 Å². The SMILES string of the molecule is OC1(c2cccc3ccccc23)C=CC(c2ccccc2)=CC1. The van der Waals surface area contributed by atoms with E-state index in [1.54, 1.807) is 0 Å². The molecule has 1 aliphatic rings. The lowest BCUT2D eigenvalue weighted by atomic mass is 9.82. The minimum absolute atomic E-state index is 0.585. The molecule has 112 valence electrons. The second kappa shape index (κ2) is 5.53. The summed E-state index contributed by atoms with van der Waals surface area (Å²) >= 11 is 0. The molecule has 0 radical (unpaired) electrons. The van der Waals surface area contributed by atoms with Gasteiger partial charge in [-0.1, -0.05) is 84.9 Å². The molecule has 0 fully saturated rings. The summed E-state index contributed by atoms with van der Waals surface area (Å²) in [6.45, 7) is 0. The Morgan fingerprint density at radius 3 is 2.30 bits per heavy atom. The van der Waals surface area contributed by atoms with Crippen LogP contribution in [0.15, 0.2) is 91.0 Å². The molecule has 1 aliphatic carbocycles. The van der Waals surface area contributed by atoms with Crippen LogP contribution in [-0.2, 0) is 5.60 Å². The molecule has 3 aromatic carbocycles. The first-order valence-electron chi connectivity index (χ1n) is 7.92. The fourth-order valence-electron chi connectivity index (χ4n) is 3.28. The molecule has 1 atom stereocenters. The molecule has 1 nitrogen and oxygen atoms in total. The van der Waals surface area contributed by atoms with Gasteiger partial charge >= 0.3 is 0 Å². The van der Waals surface area contributed by atoms with Crippen molar-refractivity contribution < 1.29 is 5.11 Å². The Labute approximate surface area is 136 Å². The predicted octanol–water partition coefficient (Wildman–Crippen LogP) is 5.07. The average molecular weight is 298 g/mol. The lowest BCUT2D eigenvalue weighted by molar-refractivity contribution is 0.0935. The van der Waals surface area contributed by atoms with Gasteiger partial charge in [-0.05, 0) is 33.5 Å². The highest BCUT2D eigenvalue weighted by Gasteiger charge is 2.29. The van der Waals surface area contributed by atoms with Crippen molar-refractivity contribution >= 4 is 16.3 Å². The standard InChI is InChI=1S/C22H18O/c23-22(21-12-6-10-19-9-4-5-11-20(19)21)15-13-18(14-16-22)17-7-2-1-3-8-17/h1-15,23H,16H2. The summed E-state index contributed by atoms with van der Waals surface area (Å²) in [4.78, 5) is 0. The van der Waals surface area contributed by atoms with E-state index < -0.39 is 5.60 Å². The van der Waals surface area contributed by atoms with E-state index in [9.17, 15) is 5.11 Å². The van der Waals surface area contributed by atoms with E-state index in [1.165, 1.54) is 5.56 Å². The average Bonchev–Trinajstić information content (AvgIpc) is 2.62. The molecule has 23 heavy (non-hydrogen) atoms. The Morgan fingerprint density at radius 1 is 0.783 bits per heavy atom. The highest BCUT2D eigenvalue weighted by Crippen LogP contribution is 2.37. The molecule has 3 aromatic rings. The van der Waals surface area contributed by atoms with Crippen molar-refractivity contribution in [3.8, 4) is 0 Å². The monoisotopic (exact) mass is 298 g/mol. The zero-order chi connectivity index (χ0) is 15.7. The van der Waals surface area contributed by atoms with E-state index in [1.807, 2.05) is 54.6 Å². The molecule has 1 heteroatoms. The third-order valence-corrected chi connectivity index (χ3v) is 4.53. The molecule has 0 aromatic heterocycles. The van der Waals surface area contributed by atoms with Gasteiger partial charge in [0.1, 0.15) is 5.60 Å². The zero-order valence-electron chi connectivity index (χ0n) is 12.8. The van der Waals surface area contributed by atoms with Crippen LogP contribution in [0.25, 0.3) is 16.3 Å². The van der Waals surface area contributed by atoms with Gasteiger partial charge in [0.05, 0.1) is 0 Å². The van der Waals surface area contributed by atoms with Crippen LogP contribution in [0, 0.1) is 0 Å². The fraction of sp³-hybridized carbons (Fsp3) is 0.0909. The second-order valence-electron chi connectivity index (χ2n) is 6.01. The van der Waals surface area contributed by atoms with Gasteiger partial charge in [0.2, 0.25) is 0 Å². The van der Waals surface area contributed by atoms with Crippen LogP contribution in [0.5, 0.6) is 0 Å². The van der Waals surface area contributed by atoms with Crippen LogP contribution in [0.3, 0.4) is 0 Å². The van der Waals surface area contributed by atoms with Gasteiger partial charge in [0.25, 0.3) is 0 Å². The summed E-state index contributed by atoms with van der Waals surface area (Å²) < 4.78 is 0. The number of aliphatic hydroxyl groups is 1. The first-order valence-corrected chi connectivity index (χ1v) is 7.92. The number of fused-ring (bicyclic) bond motifs is 1. The maximum Gasteiger partial charge on any atom is 0.112 e. The molecule has 1 unspecified atom stereocenters. The van der Waals surface area contributed by atoms with Crippen LogP contribution in [0.2, 0.25) is 0 Å². The summed E-state index contributed by atoms with van der Waals surface area (Å²) in [6, 6.07) is 24.6. The van der Waals surface area contributed by atoms with Gasteiger partial charge in [-0.3, -0.25) is 0 Å². The molecular formula is C22H18O. The molecule has 0 bridgehead atoms. The third-order valence-electron chi connectivity index (χ3n) is 4.53. The van der Waals surface area contributed by atoms with Crippen LogP contribution in [-0.4, -0.2) is 5.11 Å². The lowest BCUT2D eigenvalue weighted by Crippen LogP contribution is -2.24. The van der Waals surface area contributed by atoms with Gasteiger partial charge in [0.15, 0.2) is 0 Å². The number of rotatable bonds is 2. The first kappa shape index (κ1) is 14.0. The van der Waals surface area contributed by atoms with E-state index in [0.29, 0.717) is 6.42 Å². The van der Waals surface area contributed by atoms with Crippen molar-refractivity contribution in [2.24, 2.45) is 0 Å². The van der Waals surface area contributed by atoms with Gasteiger partial charge in [-0.25, -0.2) is 0 Å². The summed E-state index contributed by atoms with van der Waals surface area (Å²) in [6.07, 6.45) is 6.66. The van der Waals surface area contributed by atoms with Crippen molar-refractivity contribution in [2.75, 3.05) is 0 Å². The minimum Gasteiger partial charge on any atom is -0.381 e. The molecule has 0 saturated carbocycles. The Hall–Kier alpha value is -2.64. The molecule has 0 amide bonds. The minimum atomic E-state index is -0.945. The van der Waals surface area contributed by atoms with Crippen LogP contribution in [0.1, 0.15) is 17.5 Å². The molecule has 0 spiro atoms. The third kappa shape index (κ3) is 2.49. The van der Waals surface area contributed by atoms with Gasteiger partial charge in [-0.15, -0.1) is 0 Å². The number of benzene rings is 3. The van der Waals surface area contributed by atoms with E-state index in [0.717, 1.165) is 21.9 Å². The Morgan fingerprint density at radius 2 is 1.52 bits per heavy atom. The van der Waals surface area contributed by atoms with Crippen LogP contribution < -0.4 is 0 Å². The van der Waals surface area contributed by atoms with Crippen molar-refractivity contribution in [3.63, 3.8) is 0 Å². The highest BCUT2D eigenvalue weighted by atomic mass is 16.3. The first-order chi connectivity index (χ1) is 11.3. The molecule has 4 rings (SSSR count). The topological polar surface area (TPSA) is 20.2 Å². The summed E-state index contributed by atoms with van der Waals surface area (Å²) in [5, 5.41) is 13.4. The maximum atomic E-state index is 11.2. The van der Waals surface area contributed by atoms with E-state index in [2.05, 4.69) is 36.4 Å². The van der Waals surface area contributed by atoms with Crippen LogP contribution in [0.4, 0.5) is 0 Å². The van der Waals surface area contributed by atoms with E-state index in [4.69, 9.17) is 0 Å². The fourth-order valence-corrected chi connectivity index (χ4v) is 3.28. The second-order valence-corrected chi connectivity index (χ2v) is 6.01. The predicted molar refractivity (Wildman–Crippen MR) is 96.0 cm³/mol. The van der Waals surface area contributed by atoms with Crippen molar-refractivity contribution in [1.82, 2.24) is 0 Å². The summed E-state index contributed by atoms with van der Waals surface area (Å²) in [7, 11) is 0. The molecule has 0 heterocycles. The number of hydrogen-bond donors (Lipinski definition) is 1. The number of hydrogen-bond acceptors (Lipinski definition) is 1. The van der Waals surface area contributed by atoms with Crippen LogP contribution >= 0.6 is 0 Å². The molecule has 0 saturated heterocycles. The Balaban J connectivity index is 1.74. The van der Waals surface area contributed by atoms with Crippen molar-refractivity contribution in [2.45, 2.75) is 12.0 Å². The molecule has 0 aliphatic heterocycles. The quantitative estimate of drug-likeness (QED) is 0.700. The summed E-state index contributed by atoms with van der Waals surface area (Å²) in [5.74, 6) is 0. The normalized spacial score (nSPS) is 20.5. The zero-order valence-corrected chi connectivity index (χ0v) is 12.8. The number of allylic oxidation sites excluding steroid dienone is 2. The van der Waals surface area contributed by atoms with Gasteiger partial charge < -0.3 is 5.11 Å².